The van der Waals surface area contributed by atoms with Crippen molar-refractivity contribution in [1.29, 1.82) is 0 Å². The van der Waals surface area contributed by atoms with Gasteiger partial charge < -0.3 is 10.1 Å². The third-order valence-electron chi connectivity index (χ3n) is 4.38. The van der Waals surface area contributed by atoms with Crippen LogP contribution < -0.4 is 5.32 Å². The van der Waals surface area contributed by atoms with Crippen LogP contribution in [0.3, 0.4) is 0 Å². The van der Waals surface area contributed by atoms with Crippen molar-refractivity contribution >= 4 is 11.7 Å². The van der Waals surface area contributed by atoms with Gasteiger partial charge in [-0.2, -0.15) is 0 Å². The molecule has 18 heavy (non-hydrogen) atoms. The van der Waals surface area contributed by atoms with Crippen molar-refractivity contribution in [3.63, 3.8) is 0 Å². The lowest BCUT2D eigenvalue weighted by Crippen LogP contribution is -2.43. The van der Waals surface area contributed by atoms with Gasteiger partial charge in [-0.3, -0.25) is 4.79 Å². The summed E-state index contributed by atoms with van der Waals surface area (Å²) in [5.74, 6) is -0.0718. The van der Waals surface area contributed by atoms with E-state index in [2.05, 4.69) is 23.5 Å². The fraction of sp³-hybridized carbons (Fsp3) is 0.533. The molecular weight excluding hydrogens is 226 g/mol. The van der Waals surface area contributed by atoms with E-state index in [-0.39, 0.29) is 11.4 Å². The van der Waals surface area contributed by atoms with Gasteiger partial charge in [-0.15, -0.1) is 0 Å². The topological polar surface area (TPSA) is 38.3 Å². The molecule has 0 spiro atoms. The molecule has 96 valence electrons. The van der Waals surface area contributed by atoms with Gasteiger partial charge in [0.25, 0.3) is 0 Å². The van der Waals surface area contributed by atoms with Crippen LogP contribution in [0.5, 0.6) is 0 Å². The van der Waals surface area contributed by atoms with Gasteiger partial charge in [0.2, 0.25) is 0 Å². The van der Waals surface area contributed by atoms with Crippen molar-refractivity contribution in [3.8, 4) is 0 Å². The molecule has 0 unspecified atom stereocenters. The minimum Gasteiger partial charge on any atom is -0.468 e. The highest BCUT2D eigenvalue weighted by molar-refractivity contribution is 5.84. The molecule has 0 aromatic heterocycles. The number of aryl methyl sites for hydroxylation is 1. The summed E-state index contributed by atoms with van der Waals surface area (Å²) in [7, 11) is 1.49. The summed E-state index contributed by atoms with van der Waals surface area (Å²) < 4.78 is 5.00. The lowest BCUT2D eigenvalue weighted by Gasteiger charge is -2.39. The van der Waals surface area contributed by atoms with E-state index in [9.17, 15) is 4.79 Å². The van der Waals surface area contributed by atoms with Crippen LogP contribution in [-0.4, -0.2) is 19.6 Å². The molecule has 0 bridgehead atoms. The minimum atomic E-state index is -0.360. The summed E-state index contributed by atoms with van der Waals surface area (Å²) in [6.45, 7) is 1.05. The SMILES string of the molecule is COC(=O)C1(c2ccc3c(c2)CCCN3)CCC1. The van der Waals surface area contributed by atoms with E-state index in [4.69, 9.17) is 4.74 Å². The zero-order valence-corrected chi connectivity index (χ0v) is 10.8. The molecule has 1 aromatic rings. The summed E-state index contributed by atoms with van der Waals surface area (Å²) in [5.41, 5.74) is 3.35. The van der Waals surface area contributed by atoms with Gasteiger partial charge in [0.15, 0.2) is 0 Å². The van der Waals surface area contributed by atoms with Gasteiger partial charge >= 0.3 is 5.97 Å². The van der Waals surface area contributed by atoms with E-state index < -0.39 is 0 Å². The van der Waals surface area contributed by atoms with E-state index in [1.807, 2.05) is 0 Å². The molecule has 1 aromatic carbocycles. The Bertz CT molecular complexity index is 477. The first-order valence-electron chi connectivity index (χ1n) is 6.72. The molecule has 3 nitrogen and oxygen atoms in total. The lowest BCUT2D eigenvalue weighted by molar-refractivity contribution is -0.151. The maximum Gasteiger partial charge on any atom is 0.316 e. The molecule has 2 aliphatic rings. The zero-order valence-electron chi connectivity index (χ0n) is 10.8. The first kappa shape index (κ1) is 11.6. The molecule has 1 saturated carbocycles. The molecule has 0 amide bonds. The Kier molecular flexibility index (Phi) is 2.77. The van der Waals surface area contributed by atoms with Crippen molar-refractivity contribution in [1.82, 2.24) is 0 Å². The largest absolute Gasteiger partial charge is 0.468 e. The van der Waals surface area contributed by atoms with E-state index in [0.717, 1.165) is 37.8 Å². The number of anilines is 1. The van der Waals surface area contributed by atoms with Crippen LogP contribution in [0.1, 0.15) is 36.8 Å². The summed E-state index contributed by atoms with van der Waals surface area (Å²) in [5, 5.41) is 3.40. The van der Waals surface area contributed by atoms with Crippen LogP contribution in [0.25, 0.3) is 0 Å². The van der Waals surface area contributed by atoms with Crippen molar-refractivity contribution in [2.75, 3.05) is 19.0 Å². The van der Waals surface area contributed by atoms with E-state index in [1.54, 1.807) is 0 Å². The predicted molar refractivity (Wildman–Crippen MR) is 70.8 cm³/mol. The first-order valence-corrected chi connectivity index (χ1v) is 6.72. The predicted octanol–water partition coefficient (Wildman–Crippen LogP) is 2.64. The van der Waals surface area contributed by atoms with Crippen LogP contribution in [0.2, 0.25) is 0 Å². The van der Waals surface area contributed by atoms with Crippen LogP contribution >= 0.6 is 0 Å². The Morgan fingerprint density at radius 3 is 2.83 bits per heavy atom. The van der Waals surface area contributed by atoms with Gasteiger partial charge in [-0.05, 0) is 42.9 Å². The van der Waals surface area contributed by atoms with Gasteiger partial charge in [0.1, 0.15) is 0 Å². The number of carbonyl (C=O) groups excluding carboxylic acids is 1. The number of ether oxygens (including phenoxy) is 1. The number of hydrogen-bond donors (Lipinski definition) is 1. The maximum absolute atomic E-state index is 12.0. The smallest absolute Gasteiger partial charge is 0.316 e. The highest BCUT2D eigenvalue weighted by atomic mass is 16.5. The Balaban J connectivity index is 1.98. The maximum atomic E-state index is 12.0. The number of methoxy groups -OCH3 is 1. The molecule has 0 atom stereocenters. The standard InChI is InChI=1S/C15H19NO2/c1-18-14(17)15(7-3-8-15)12-5-6-13-11(10-12)4-2-9-16-13/h5-6,10,16H,2-4,7-9H2,1H3. The van der Waals surface area contributed by atoms with Gasteiger partial charge in [0.05, 0.1) is 12.5 Å². The van der Waals surface area contributed by atoms with Gasteiger partial charge in [-0.25, -0.2) is 0 Å². The second-order valence-electron chi connectivity index (χ2n) is 5.33. The summed E-state index contributed by atoms with van der Waals surface area (Å²) >= 11 is 0. The lowest BCUT2D eigenvalue weighted by atomic mass is 9.64. The molecule has 0 radical (unpaired) electrons. The number of benzene rings is 1. The molecule has 1 N–H and O–H groups in total. The second-order valence-corrected chi connectivity index (χ2v) is 5.33. The molecular formula is C15H19NO2. The third-order valence-corrected chi connectivity index (χ3v) is 4.38. The van der Waals surface area contributed by atoms with Crippen LogP contribution in [0, 0.1) is 0 Å². The number of nitrogens with one attached hydrogen (secondary N) is 1. The Morgan fingerprint density at radius 1 is 1.33 bits per heavy atom. The quantitative estimate of drug-likeness (QED) is 0.814. The Labute approximate surface area is 108 Å². The van der Waals surface area contributed by atoms with Crippen molar-refractivity contribution in [2.24, 2.45) is 0 Å². The molecule has 0 saturated heterocycles. The first-order chi connectivity index (χ1) is 8.76. The normalized spacial score (nSPS) is 20.3. The van der Waals surface area contributed by atoms with Gasteiger partial charge in [0, 0.05) is 12.2 Å². The zero-order chi connectivity index (χ0) is 12.6. The second kappa shape index (κ2) is 4.30. The summed E-state index contributed by atoms with van der Waals surface area (Å²) in [6.07, 6.45) is 5.23. The fourth-order valence-corrected chi connectivity index (χ4v) is 3.11. The molecule has 1 fully saturated rings. The Morgan fingerprint density at radius 2 is 2.17 bits per heavy atom. The van der Waals surface area contributed by atoms with Crippen molar-refractivity contribution in [3.05, 3.63) is 29.3 Å². The van der Waals surface area contributed by atoms with E-state index in [1.165, 1.54) is 24.8 Å². The van der Waals surface area contributed by atoms with E-state index in [0.29, 0.717) is 0 Å². The fourth-order valence-electron chi connectivity index (χ4n) is 3.11. The molecule has 1 aliphatic carbocycles. The molecule has 3 rings (SSSR count). The van der Waals surface area contributed by atoms with Crippen molar-refractivity contribution in [2.45, 2.75) is 37.5 Å². The number of esters is 1. The number of fused-ring (bicyclic) bond motifs is 1. The third kappa shape index (κ3) is 1.61. The van der Waals surface area contributed by atoms with Crippen LogP contribution in [0.15, 0.2) is 18.2 Å². The van der Waals surface area contributed by atoms with Gasteiger partial charge in [-0.1, -0.05) is 18.6 Å². The number of carbonyl (C=O) groups is 1. The van der Waals surface area contributed by atoms with Crippen LogP contribution in [-0.2, 0) is 21.4 Å². The Hall–Kier alpha value is -1.51. The molecule has 1 heterocycles. The van der Waals surface area contributed by atoms with Crippen molar-refractivity contribution < 1.29 is 9.53 Å². The average Bonchev–Trinajstić information content (AvgIpc) is 2.37. The summed E-state index contributed by atoms with van der Waals surface area (Å²) in [6, 6.07) is 6.41. The minimum absolute atomic E-state index is 0.0718. The molecule has 1 aliphatic heterocycles. The monoisotopic (exact) mass is 245 g/mol. The average molecular weight is 245 g/mol. The number of rotatable bonds is 2. The highest BCUT2D eigenvalue weighted by Gasteiger charge is 2.46. The number of hydrogen-bond acceptors (Lipinski definition) is 3. The summed E-state index contributed by atoms with van der Waals surface area (Å²) in [4.78, 5) is 12.0. The highest BCUT2D eigenvalue weighted by Crippen LogP contribution is 2.45. The van der Waals surface area contributed by atoms with Crippen LogP contribution in [0.4, 0.5) is 5.69 Å². The molecule has 3 heteroatoms. The van der Waals surface area contributed by atoms with E-state index >= 15 is 0 Å².